The van der Waals surface area contributed by atoms with Gasteiger partial charge in [0.05, 0.1) is 5.60 Å². The van der Waals surface area contributed by atoms with Gasteiger partial charge in [-0.2, -0.15) is 0 Å². The zero-order chi connectivity index (χ0) is 9.69. The van der Waals surface area contributed by atoms with Crippen LogP contribution in [-0.4, -0.2) is 34.2 Å². The molecule has 2 atom stereocenters. The minimum atomic E-state index is -0.264. The Kier molecular flexibility index (Phi) is 1.97. The molecule has 2 fully saturated rings. The van der Waals surface area contributed by atoms with E-state index in [0.717, 1.165) is 32.4 Å². The Morgan fingerprint density at radius 2 is 2.08 bits per heavy atom. The van der Waals surface area contributed by atoms with E-state index in [2.05, 4.69) is 25.7 Å². The molecule has 0 radical (unpaired) electrons. The molecule has 1 aliphatic carbocycles. The number of likely N-dealkylation sites (tertiary alicyclic amines) is 1. The predicted molar refractivity (Wildman–Crippen MR) is 53.6 cm³/mol. The first kappa shape index (κ1) is 9.47. The maximum absolute atomic E-state index is 9.99. The summed E-state index contributed by atoms with van der Waals surface area (Å²) >= 11 is 0. The first-order valence-corrected chi connectivity index (χ1v) is 5.39. The Morgan fingerprint density at radius 3 is 2.69 bits per heavy atom. The highest BCUT2D eigenvalue weighted by Crippen LogP contribution is 2.49. The summed E-state index contributed by atoms with van der Waals surface area (Å²) in [7, 11) is 0. The van der Waals surface area contributed by atoms with Gasteiger partial charge >= 0.3 is 0 Å². The lowest BCUT2D eigenvalue weighted by Crippen LogP contribution is -2.42. The van der Waals surface area contributed by atoms with Gasteiger partial charge in [0, 0.05) is 18.0 Å². The summed E-state index contributed by atoms with van der Waals surface area (Å²) in [5, 5.41) is 9.99. The molecule has 0 spiro atoms. The quantitative estimate of drug-likeness (QED) is 0.617. The number of fused-ring (bicyclic) bond motifs is 1. The van der Waals surface area contributed by atoms with E-state index in [0.29, 0.717) is 5.92 Å². The van der Waals surface area contributed by atoms with Crippen molar-refractivity contribution in [2.75, 3.05) is 13.1 Å². The average molecular weight is 183 g/mol. The van der Waals surface area contributed by atoms with Crippen molar-refractivity contribution >= 4 is 0 Å². The molecule has 0 aromatic heterocycles. The van der Waals surface area contributed by atoms with E-state index in [-0.39, 0.29) is 11.1 Å². The third-order valence-corrected chi connectivity index (χ3v) is 3.63. The molecule has 1 N–H and O–H groups in total. The molecule has 76 valence electrons. The molecule has 2 rings (SSSR count). The average Bonchev–Trinajstić information content (AvgIpc) is 2.57. The topological polar surface area (TPSA) is 23.5 Å². The minimum absolute atomic E-state index is 0.264. The summed E-state index contributed by atoms with van der Waals surface area (Å²) in [4.78, 5) is 2.52. The molecule has 2 heteroatoms. The summed E-state index contributed by atoms with van der Waals surface area (Å²) in [5.41, 5.74) is 0.00778. The fourth-order valence-corrected chi connectivity index (χ4v) is 2.45. The van der Waals surface area contributed by atoms with Crippen LogP contribution < -0.4 is 0 Å². The predicted octanol–water partition coefficient (Wildman–Crippen LogP) is 1.63. The van der Waals surface area contributed by atoms with Crippen LogP contribution in [0.4, 0.5) is 0 Å². The molecule has 1 heterocycles. The van der Waals surface area contributed by atoms with Gasteiger partial charge in [0.1, 0.15) is 0 Å². The van der Waals surface area contributed by atoms with E-state index < -0.39 is 0 Å². The third kappa shape index (κ3) is 1.75. The molecule has 0 aromatic rings. The lowest BCUT2D eigenvalue weighted by atomic mass is 10.1. The molecule has 0 bridgehead atoms. The molecule has 1 aliphatic heterocycles. The number of aliphatic hydroxyl groups is 1. The summed E-state index contributed by atoms with van der Waals surface area (Å²) in [6.07, 6.45) is 3.22. The van der Waals surface area contributed by atoms with Gasteiger partial charge in [0.2, 0.25) is 0 Å². The van der Waals surface area contributed by atoms with E-state index in [9.17, 15) is 5.11 Å². The summed E-state index contributed by atoms with van der Waals surface area (Å²) < 4.78 is 0. The van der Waals surface area contributed by atoms with Gasteiger partial charge < -0.3 is 5.11 Å². The molecule has 2 aliphatic rings. The minimum Gasteiger partial charge on any atom is -0.390 e. The van der Waals surface area contributed by atoms with Crippen LogP contribution in [-0.2, 0) is 0 Å². The van der Waals surface area contributed by atoms with Crippen LogP contribution in [0.1, 0.15) is 40.0 Å². The van der Waals surface area contributed by atoms with Crippen molar-refractivity contribution < 1.29 is 5.11 Å². The Morgan fingerprint density at radius 1 is 1.38 bits per heavy atom. The summed E-state index contributed by atoms with van der Waals surface area (Å²) in [5.74, 6) is 0.564. The van der Waals surface area contributed by atoms with Gasteiger partial charge in [-0.25, -0.2) is 0 Å². The Hall–Kier alpha value is -0.0800. The Labute approximate surface area is 80.9 Å². The molecular weight excluding hydrogens is 162 g/mol. The number of hydrogen-bond donors (Lipinski definition) is 1. The summed E-state index contributed by atoms with van der Waals surface area (Å²) in [6.45, 7) is 9.04. The highest BCUT2D eigenvalue weighted by molar-refractivity contribution is 5.06. The molecule has 1 saturated heterocycles. The Balaban J connectivity index is 2.02. The highest BCUT2D eigenvalue weighted by atomic mass is 16.3. The second kappa shape index (κ2) is 2.71. The van der Waals surface area contributed by atoms with Gasteiger partial charge in [-0.3, -0.25) is 4.90 Å². The fraction of sp³-hybridized carbons (Fsp3) is 1.00. The zero-order valence-corrected chi connectivity index (χ0v) is 9.01. The van der Waals surface area contributed by atoms with Gasteiger partial charge in [-0.1, -0.05) is 0 Å². The molecule has 13 heavy (non-hydrogen) atoms. The van der Waals surface area contributed by atoms with Crippen molar-refractivity contribution in [3.05, 3.63) is 0 Å². The van der Waals surface area contributed by atoms with Crippen molar-refractivity contribution in [2.45, 2.75) is 51.2 Å². The highest BCUT2D eigenvalue weighted by Gasteiger charge is 2.54. The first-order chi connectivity index (χ1) is 5.92. The monoisotopic (exact) mass is 183 g/mol. The van der Waals surface area contributed by atoms with Crippen LogP contribution in [0.2, 0.25) is 0 Å². The van der Waals surface area contributed by atoms with Gasteiger partial charge in [0.25, 0.3) is 0 Å². The van der Waals surface area contributed by atoms with E-state index in [4.69, 9.17) is 0 Å². The lowest BCUT2D eigenvalue weighted by molar-refractivity contribution is 0.115. The second-order valence-electron chi connectivity index (χ2n) is 5.73. The maximum atomic E-state index is 9.99. The van der Waals surface area contributed by atoms with Crippen molar-refractivity contribution in [1.29, 1.82) is 0 Å². The molecule has 2 unspecified atom stereocenters. The lowest BCUT2D eigenvalue weighted by Gasteiger charge is -2.35. The van der Waals surface area contributed by atoms with Crippen LogP contribution >= 0.6 is 0 Å². The standard InChI is InChI=1S/C11H21NO/c1-10(2,3)12-6-4-5-11(13)7-9(11)8-12/h9,13H,4-8H2,1-3H3. The maximum Gasteiger partial charge on any atom is 0.0693 e. The van der Waals surface area contributed by atoms with Gasteiger partial charge in [-0.05, 0) is 46.6 Å². The van der Waals surface area contributed by atoms with E-state index in [1.165, 1.54) is 0 Å². The normalized spacial score (nSPS) is 41.1. The van der Waals surface area contributed by atoms with Crippen LogP contribution in [0, 0.1) is 5.92 Å². The molecule has 0 amide bonds. The number of nitrogens with zero attached hydrogens (tertiary/aromatic N) is 1. The molecule has 2 nitrogen and oxygen atoms in total. The van der Waals surface area contributed by atoms with Gasteiger partial charge in [-0.15, -0.1) is 0 Å². The van der Waals surface area contributed by atoms with Crippen molar-refractivity contribution in [3.8, 4) is 0 Å². The van der Waals surface area contributed by atoms with E-state index >= 15 is 0 Å². The Bertz CT molecular complexity index is 209. The molecular formula is C11H21NO. The summed E-state index contributed by atoms with van der Waals surface area (Å²) in [6, 6.07) is 0. The third-order valence-electron chi connectivity index (χ3n) is 3.63. The molecule has 0 aromatic carbocycles. The van der Waals surface area contributed by atoms with Crippen molar-refractivity contribution in [1.82, 2.24) is 4.90 Å². The SMILES string of the molecule is CC(C)(C)N1CCCC2(O)CC2C1. The van der Waals surface area contributed by atoms with E-state index in [1.807, 2.05) is 0 Å². The smallest absolute Gasteiger partial charge is 0.0693 e. The van der Waals surface area contributed by atoms with Crippen molar-refractivity contribution in [2.24, 2.45) is 5.92 Å². The second-order valence-corrected chi connectivity index (χ2v) is 5.73. The molecule has 1 saturated carbocycles. The van der Waals surface area contributed by atoms with Gasteiger partial charge in [0.15, 0.2) is 0 Å². The number of rotatable bonds is 0. The van der Waals surface area contributed by atoms with Crippen LogP contribution in [0.3, 0.4) is 0 Å². The largest absolute Gasteiger partial charge is 0.390 e. The van der Waals surface area contributed by atoms with E-state index in [1.54, 1.807) is 0 Å². The fourth-order valence-electron chi connectivity index (χ4n) is 2.45. The van der Waals surface area contributed by atoms with Crippen LogP contribution in [0.5, 0.6) is 0 Å². The number of hydrogen-bond acceptors (Lipinski definition) is 2. The van der Waals surface area contributed by atoms with Crippen molar-refractivity contribution in [3.63, 3.8) is 0 Å². The first-order valence-electron chi connectivity index (χ1n) is 5.39. The van der Waals surface area contributed by atoms with Crippen LogP contribution in [0.25, 0.3) is 0 Å². The zero-order valence-electron chi connectivity index (χ0n) is 9.01. The van der Waals surface area contributed by atoms with Crippen LogP contribution in [0.15, 0.2) is 0 Å².